The summed E-state index contributed by atoms with van der Waals surface area (Å²) in [5.74, 6) is 2.30. The van der Waals surface area contributed by atoms with Gasteiger partial charge in [-0.2, -0.15) is 5.10 Å². The minimum atomic E-state index is -0.113. The van der Waals surface area contributed by atoms with Gasteiger partial charge < -0.3 is 15.0 Å². The zero-order valence-electron chi connectivity index (χ0n) is 19.0. The van der Waals surface area contributed by atoms with Gasteiger partial charge in [0.05, 0.1) is 24.2 Å². The molecule has 0 atom stereocenters. The lowest BCUT2D eigenvalue weighted by molar-refractivity contribution is 0.252. The smallest absolute Gasteiger partial charge is 0.323 e. The molecule has 5 heterocycles. The maximum atomic E-state index is 12.1. The first-order valence-electron chi connectivity index (χ1n) is 11.2. The van der Waals surface area contributed by atoms with Crippen molar-refractivity contribution in [2.45, 2.75) is 13.3 Å². The molecule has 10 heteroatoms. The lowest BCUT2D eigenvalue weighted by Gasteiger charge is -2.22. The minimum absolute atomic E-state index is 0.113. The van der Waals surface area contributed by atoms with Crippen molar-refractivity contribution in [2.24, 2.45) is 0 Å². The molecule has 172 valence electrons. The molecule has 0 radical (unpaired) electrons. The number of hydrogen-bond donors (Lipinski definition) is 1. The molecule has 0 saturated carbocycles. The van der Waals surface area contributed by atoms with Crippen LogP contribution in [0.3, 0.4) is 0 Å². The molecule has 0 aliphatic carbocycles. The number of nitrogens with zero attached hydrogens (tertiary/aromatic N) is 7. The summed E-state index contributed by atoms with van der Waals surface area (Å²) in [5, 5.41) is 11.8. The van der Waals surface area contributed by atoms with E-state index in [0.29, 0.717) is 18.9 Å². The van der Waals surface area contributed by atoms with E-state index in [-0.39, 0.29) is 6.03 Å². The van der Waals surface area contributed by atoms with Crippen molar-refractivity contribution >= 4 is 23.4 Å². The first-order chi connectivity index (χ1) is 16.6. The van der Waals surface area contributed by atoms with Crippen molar-refractivity contribution in [3.05, 3.63) is 66.2 Å². The van der Waals surface area contributed by atoms with Crippen molar-refractivity contribution in [1.29, 1.82) is 0 Å². The highest BCUT2D eigenvalue weighted by Crippen LogP contribution is 2.41. The van der Waals surface area contributed by atoms with Gasteiger partial charge in [-0.1, -0.05) is 0 Å². The molecular weight excluding hydrogens is 432 g/mol. The highest BCUT2D eigenvalue weighted by Gasteiger charge is 2.29. The Morgan fingerprint density at radius 2 is 1.94 bits per heavy atom. The Balaban J connectivity index is 1.38. The summed E-state index contributed by atoms with van der Waals surface area (Å²) in [6.07, 6.45) is 6.38. The number of amides is 2. The number of hydrogen-bond acceptors (Lipinski definition) is 6. The maximum Gasteiger partial charge on any atom is 0.323 e. The van der Waals surface area contributed by atoms with Gasteiger partial charge in [0.15, 0.2) is 5.82 Å². The number of carbonyl (C=O) groups is 1. The second-order valence-electron chi connectivity index (χ2n) is 8.30. The standard InChI is InChI=1S/C24H24N8O2/c1-16-14-20(32-12-7-22(28-32)30-13-9-25-24(30)33)18-6-11-29(23(18)27-16)19-5-4-17(15-21(19)34-2)31-10-3-8-26-31/h3-5,7-8,10,12,14-15H,6,9,11,13H2,1-2H3,(H,25,33). The molecule has 4 aromatic rings. The molecule has 1 fully saturated rings. The van der Waals surface area contributed by atoms with Crippen LogP contribution in [0.1, 0.15) is 11.3 Å². The van der Waals surface area contributed by atoms with Gasteiger partial charge in [0.2, 0.25) is 0 Å². The van der Waals surface area contributed by atoms with Crippen LogP contribution in [-0.2, 0) is 6.42 Å². The predicted octanol–water partition coefficient (Wildman–Crippen LogP) is 2.99. The molecule has 10 nitrogen and oxygen atoms in total. The van der Waals surface area contributed by atoms with Crippen molar-refractivity contribution in [3.63, 3.8) is 0 Å². The molecule has 1 N–H and O–H groups in total. The molecular formula is C24H24N8O2. The number of carbonyl (C=O) groups excluding carboxylic acids is 1. The lowest BCUT2D eigenvalue weighted by Crippen LogP contribution is -2.28. The second-order valence-corrected chi connectivity index (χ2v) is 8.30. The third kappa shape index (κ3) is 3.26. The highest BCUT2D eigenvalue weighted by molar-refractivity contribution is 5.93. The number of fused-ring (bicyclic) bond motifs is 1. The van der Waals surface area contributed by atoms with Gasteiger partial charge >= 0.3 is 6.03 Å². The van der Waals surface area contributed by atoms with E-state index in [0.717, 1.165) is 52.9 Å². The number of benzene rings is 1. The Morgan fingerprint density at radius 3 is 2.71 bits per heavy atom. The summed E-state index contributed by atoms with van der Waals surface area (Å²) in [6, 6.07) is 11.8. The van der Waals surface area contributed by atoms with Gasteiger partial charge in [-0.15, -0.1) is 5.10 Å². The van der Waals surface area contributed by atoms with Crippen LogP contribution in [0.25, 0.3) is 11.4 Å². The summed E-state index contributed by atoms with van der Waals surface area (Å²) in [6.45, 7) is 4.01. The van der Waals surface area contributed by atoms with E-state index in [1.54, 1.807) is 22.9 Å². The number of methoxy groups -OCH3 is 1. The molecule has 34 heavy (non-hydrogen) atoms. The van der Waals surface area contributed by atoms with Crippen molar-refractivity contribution in [2.75, 3.05) is 36.5 Å². The van der Waals surface area contributed by atoms with Gasteiger partial charge in [0.25, 0.3) is 0 Å². The normalized spacial score (nSPS) is 15.1. The van der Waals surface area contributed by atoms with Gasteiger partial charge in [-0.3, -0.25) is 4.90 Å². The first-order valence-corrected chi connectivity index (χ1v) is 11.2. The first kappa shape index (κ1) is 20.3. The molecule has 1 saturated heterocycles. The van der Waals surface area contributed by atoms with Crippen molar-refractivity contribution in [3.8, 4) is 17.1 Å². The van der Waals surface area contributed by atoms with E-state index in [2.05, 4.69) is 15.3 Å². The summed E-state index contributed by atoms with van der Waals surface area (Å²) in [4.78, 5) is 20.8. The van der Waals surface area contributed by atoms with E-state index in [1.165, 1.54) is 0 Å². The number of aryl methyl sites for hydroxylation is 1. The van der Waals surface area contributed by atoms with Crippen LogP contribution in [0.2, 0.25) is 0 Å². The zero-order chi connectivity index (χ0) is 23.2. The Kier molecular flexibility index (Phi) is 4.72. The van der Waals surface area contributed by atoms with Gasteiger partial charge in [-0.05, 0) is 37.6 Å². The zero-order valence-corrected chi connectivity index (χ0v) is 19.0. The number of ether oxygens (including phenoxy) is 1. The fourth-order valence-corrected chi connectivity index (χ4v) is 4.63. The molecule has 2 amide bonds. The molecule has 0 bridgehead atoms. The van der Waals surface area contributed by atoms with Crippen LogP contribution in [0.5, 0.6) is 5.75 Å². The number of anilines is 3. The van der Waals surface area contributed by atoms with E-state index >= 15 is 0 Å². The van der Waals surface area contributed by atoms with Crippen LogP contribution < -0.4 is 19.9 Å². The summed E-state index contributed by atoms with van der Waals surface area (Å²) < 4.78 is 9.40. The van der Waals surface area contributed by atoms with E-state index in [9.17, 15) is 4.79 Å². The third-order valence-corrected chi connectivity index (χ3v) is 6.23. The number of aromatic nitrogens is 5. The monoisotopic (exact) mass is 456 g/mol. The molecule has 0 unspecified atom stereocenters. The number of pyridine rings is 1. The third-order valence-electron chi connectivity index (χ3n) is 6.23. The van der Waals surface area contributed by atoms with Gasteiger partial charge in [0.1, 0.15) is 11.6 Å². The molecule has 2 aliphatic heterocycles. The predicted molar refractivity (Wildman–Crippen MR) is 128 cm³/mol. The van der Waals surface area contributed by atoms with E-state index < -0.39 is 0 Å². The second kappa shape index (κ2) is 7.91. The SMILES string of the molecule is COc1cc(-n2cccn2)ccc1N1CCc2c(-n3ccc(N4CCNC4=O)n3)cc(C)nc21. The van der Waals surface area contributed by atoms with Gasteiger partial charge in [-0.25, -0.2) is 19.1 Å². The number of rotatable bonds is 5. The van der Waals surface area contributed by atoms with Gasteiger partial charge in [0, 0.05) is 61.6 Å². The Bertz CT molecular complexity index is 1380. The minimum Gasteiger partial charge on any atom is -0.494 e. The summed E-state index contributed by atoms with van der Waals surface area (Å²) >= 11 is 0. The summed E-state index contributed by atoms with van der Waals surface area (Å²) in [7, 11) is 1.68. The Morgan fingerprint density at radius 1 is 1.03 bits per heavy atom. The van der Waals surface area contributed by atoms with Crippen LogP contribution in [0, 0.1) is 6.92 Å². The Hall–Kier alpha value is -4.34. The number of nitrogens with one attached hydrogen (secondary N) is 1. The van der Waals surface area contributed by atoms with Crippen LogP contribution in [-0.4, -0.2) is 57.3 Å². The van der Waals surface area contributed by atoms with E-state index in [4.69, 9.17) is 14.8 Å². The molecule has 2 aliphatic rings. The van der Waals surface area contributed by atoms with E-state index in [1.807, 2.05) is 60.4 Å². The maximum absolute atomic E-state index is 12.1. The van der Waals surface area contributed by atoms with Crippen molar-refractivity contribution < 1.29 is 9.53 Å². The van der Waals surface area contributed by atoms with Crippen molar-refractivity contribution in [1.82, 2.24) is 29.9 Å². The largest absolute Gasteiger partial charge is 0.494 e. The Labute approximate surface area is 196 Å². The van der Waals surface area contributed by atoms with Crippen LogP contribution in [0.15, 0.2) is 55.0 Å². The number of urea groups is 1. The average Bonchev–Trinajstić information content (AvgIpc) is 3.65. The van der Waals surface area contributed by atoms with Crippen LogP contribution in [0.4, 0.5) is 22.1 Å². The molecule has 6 rings (SSSR count). The average molecular weight is 457 g/mol. The fraction of sp³-hybridized carbons (Fsp3) is 0.250. The molecule has 0 spiro atoms. The summed E-state index contributed by atoms with van der Waals surface area (Å²) in [5.41, 5.74) is 4.87. The highest BCUT2D eigenvalue weighted by atomic mass is 16.5. The molecule has 3 aromatic heterocycles. The van der Waals surface area contributed by atoms with Crippen LogP contribution >= 0.6 is 0 Å². The lowest BCUT2D eigenvalue weighted by atomic mass is 10.1. The molecule has 1 aromatic carbocycles. The fourth-order valence-electron chi connectivity index (χ4n) is 4.63. The topological polar surface area (TPSA) is 93.3 Å². The quantitative estimate of drug-likeness (QED) is 0.496.